The van der Waals surface area contributed by atoms with Gasteiger partial charge in [-0.05, 0) is 47.7 Å². The summed E-state index contributed by atoms with van der Waals surface area (Å²) < 4.78 is 0. The van der Waals surface area contributed by atoms with E-state index in [1.807, 2.05) is 54.6 Å². The van der Waals surface area contributed by atoms with Crippen LogP contribution in [0.1, 0.15) is 16.7 Å². The van der Waals surface area contributed by atoms with Crippen LogP contribution in [-0.4, -0.2) is 11.5 Å². The molecule has 0 aliphatic rings. The van der Waals surface area contributed by atoms with Crippen molar-refractivity contribution in [1.82, 2.24) is 0 Å². The summed E-state index contributed by atoms with van der Waals surface area (Å²) in [5.41, 5.74) is 8.32. The summed E-state index contributed by atoms with van der Waals surface area (Å²) in [4.78, 5) is 22.0. The van der Waals surface area contributed by atoms with Gasteiger partial charge in [-0.2, -0.15) is 0 Å². The van der Waals surface area contributed by atoms with Crippen LogP contribution in [0.4, 0.5) is 0 Å². The van der Waals surface area contributed by atoms with Gasteiger partial charge in [0.15, 0.2) is 5.62 Å². The van der Waals surface area contributed by atoms with Crippen LogP contribution in [-0.2, 0) is 9.59 Å². The molecule has 0 fully saturated rings. The van der Waals surface area contributed by atoms with Crippen LogP contribution in [0, 0.1) is 11.8 Å². The van der Waals surface area contributed by atoms with Gasteiger partial charge in [0.05, 0.1) is 4.91 Å². The number of thioether (sulfide) groups is 1. The fourth-order valence-corrected chi connectivity index (χ4v) is 2.16. The SMILES string of the molecule is NC(=O)/C(=C/c1cccc(C#Cc2ccccc2)c1)SC=O. The highest BCUT2D eigenvalue weighted by molar-refractivity contribution is 8.16. The largest absolute Gasteiger partial charge is 0.365 e. The van der Waals surface area contributed by atoms with Crippen molar-refractivity contribution in [2.24, 2.45) is 5.73 Å². The molecule has 2 aromatic carbocycles. The minimum atomic E-state index is -0.627. The summed E-state index contributed by atoms with van der Waals surface area (Å²) in [7, 11) is 0. The maximum absolute atomic E-state index is 11.2. The molecule has 2 rings (SSSR count). The Balaban J connectivity index is 2.27. The van der Waals surface area contributed by atoms with Crippen molar-refractivity contribution in [1.29, 1.82) is 0 Å². The zero-order valence-electron chi connectivity index (χ0n) is 11.7. The van der Waals surface area contributed by atoms with Gasteiger partial charge in [0, 0.05) is 11.1 Å². The number of benzene rings is 2. The van der Waals surface area contributed by atoms with Crippen LogP contribution in [0.3, 0.4) is 0 Å². The van der Waals surface area contributed by atoms with Gasteiger partial charge in [0.2, 0.25) is 0 Å². The molecule has 22 heavy (non-hydrogen) atoms. The topological polar surface area (TPSA) is 60.2 Å². The van der Waals surface area contributed by atoms with Gasteiger partial charge in [-0.25, -0.2) is 0 Å². The average Bonchev–Trinajstić information content (AvgIpc) is 2.54. The first-order chi connectivity index (χ1) is 10.7. The summed E-state index contributed by atoms with van der Waals surface area (Å²) in [6.07, 6.45) is 1.58. The number of nitrogens with two attached hydrogens (primary N) is 1. The number of hydrogen-bond donors (Lipinski definition) is 1. The Hall–Kier alpha value is -2.77. The first kappa shape index (κ1) is 15.6. The van der Waals surface area contributed by atoms with E-state index in [2.05, 4.69) is 11.8 Å². The smallest absolute Gasteiger partial charge is 0.255 e. The predicted octanol–water partition coefficient (Wildman–Crippen LogP) is 2.84. The quantitative estimate of drug-likeness (QED) is 0.537. The minimum absolute atomic E-state index is 0.197. The standard InChI is InChI=1S/C18H13NO2S/c19-18(21)17(22-13-20)12-16-8-4-7-15(11-16)10-9-14-5-2-1-3-6-14/h1-8,11-13H,(H2,19,21)/b17-12-. The molecule has 0 atom stereocenters. The molecular formula is C18H13NO2S. The minimum Gasteiger partial charge on any atom is -0.365 e. The van der Waals surface area contributed by atoms with Gasteiger partial charge in [0.1, 0.15) is 0 Å². The molecule has 108 valence electrons. The number of rotatable bonds is 4. The highest BCUT2D eigenvalue weighted by atomic mass is 32.2. The number of carbonyl (C=O) groups is 2. The highest BCUT2D eigenvalue weighted by Crippen LogP contribution is 2.17. The molecule has 4 heteroatoms. The van der Waals surface area contributed by atoms with Crippen LogP contribution in [0.25, 0.3) is 6.08 Å². The maximum Gasteiger partial charge on any atom is 0.255 e. The lowest BCUT2D eigenvalue weighted by molar-refractivity contribution is -0.113. The number of hydrogen-bond acceptors (Lipinski definition) is 3. The zero-order valence-corrected chi connectivity index (χ0v) is 12.5. The molecule has 0 spiro atoms. The molecule has 0 bridgehead atoms. The van der Waals surface area contributed by atoms with Crippen molar-refractivity contribution in [3.63, 3.8) is 0 Å². The van der Waals surface area contributed by atoms with E-state index in [4.69, 9.17) is 5.73 Å². The van der Waals surface area contributed by atoms with Crippen molar-refractivity contribution in [3.05, 3.63) is 76.2 Å². The Labute approximate surface area is 133 Å². The Kier molecular flexibility index (Phi) is 5.58. The van der Waals surface area contributed by atoms with Gasteiger partial charge < -0.3 is 5.73 Å². The fraction of sp³-hybridized carbons (Fsp3) is 0. The van der Waals surface area contributed by atoms with Crippen LogP contribution in [0.2, 0.25) is 0 Å². The predicted molar refractivity (Wildman–Crippen MR) is 90.4 cm³/mol. The fourth-order valence-electron chi connectivity index (χ4n) is 1.74. The van der Waals surface area contributed by atoms with Gasteiger partial charge in [-0.3, -0.25) is 9.59 Å². The third-order valence-corrected chi connectivity index (χ3v) is 3.40. The molecule has 0 aliphatic carbocycles. The molecule has 0 saturated heterocycles. The van der Waals surface area contributed by atoms with Gasteiger partial charge in [-0.1, -0.05) is 42.2 Å². The summed E-state index contributed by atoms with van der Waals surface area (Å²) in [6, 6.07) is 17.0. The monoisotopic (exact) mass is 307 g/mol. The van der Waals surface area contributed by atoms with Crippen molar-refractivity contribution in [2.45, 2.75) is 0 Å². The molecule has 0 unspecified atom stereocenters. The Morgan fingerprint density at radius 3 is 2.36 bits per heavy atom. The molecule has 0 aromatic heterocycles. The second-order valence-corrected chi connectivity index (χ2v) is 5.20. The highest BCUT2D eigenvalue weighted by Gasteiger charge is 2.05. The van der Waals surface area contributed by atoms with E-state index in [1.165, 1.54) is 0 Å². The van der Waals surface area contributed by atoms with E-state index < -0.39 is 5.91 Å². The van der Waals surface area contributed by atoms with E-state index in [-0.39, 0.29) is 4.91 Å². The Morgan fingerprint density at radius 1 is 1.00 bits per heavy atom. The van der Waals surface area contributed by atoms with E-state index in [9.17, 15) is 9.59 Å². The average molecular weight is 307 g/mol. The van der Waals surface area contributed by atoms with Crippen LogP contribution in [0.5, 0.6) is 0 Å². The third-order valence-electron chi connectivity index (χ3n) is 2.73. The lowest BCUT2D eigenvalue weighted by Gasteiger charge is -1.99. The van der Waals surface area contributed by atoms with Crippen molar-refractivity contribution >= 4 is 29.4 Å². The first-order valence-corrected chi connectivity index (χ1v) is 7.36. The van der Waals surface area contributed by atoms with Gasteiger partial charge in [-0.15, -0.1) is 0 Å². The maximum atomic E-state index is 11.2. The molecule has 0 heterocycles. The Bertz CT molecular complexity index is 770. The van der Waals surface area contributed by atoms with Crippen molar-refractivity contribution in [3.8, 4) is 11.8 Å². The molecular weight excluding hydrogens is 294 g/mol. The molecule has 1 amide bonds. The van der Waals surface area contributed by atoms with Crippen LogP contribution < -0.4 is 5.73 Å². The second-order valence-electron chi connectivity index (χ2n) is 4.33. The van der Waals surface area contributed by atoms with Crippen LogP contribution in [0.15, 0.2) is 59.5 Å². The molecule has 2 N–H and O–H groups in total. The molecule has 0 aliphatic heterocycles. The second kappa shape index (κ2) is 7.87. The summed E-state index contributed by atoms with van der Waals surface area (Å²) in [5.74, 6) is 5.50. The van der Waals surface area contributed by atoms with Gasteiger partial charge in [0.25, 0.3) is 5.91 Å². The lowest BCUT2D eigenvalue weighted by Crippen LogP contribution is -2.11. The molecule has 3 nitrogen and oxygen atoms in total. The van der Waals surface area contributed by atoms with E-state index in [0.29, 0.717) is 5.62 Å². The summed E-state index contributed by atoms with van der Waals surface area (Å²) in [6.45, 7) is 0. The first-order valence-electron chi connectivity index (χ1n) is 6.48. The van der Waals surface area contributed by atoms with Crippen LogP contribution >= 0.6 is 11.8 Å². The zero-order chi connectivity index (χ0) is 15.8. The third kappa shape index (κ3) is 4.65. The van der Waals surface area contributed by atoms with Crippen molar-refractivity contribution < 1.29 is 9.59 Å². The van der Waals surface area contributed by atoms with E-state index in [0.717, 1.165) is 28.5 Å². The van der Waals surface area contributed by atoms with E-state index in [1.54, 1.807) is 6.08 Å². The molecule has 0 saturated carbocycles. The molecule has 2 aromatic rings. The summed E-state index contributed by atoms with van der Waals surface area (Å²) >= 11 is 0.765. The normalized spacial score (nSPS) is 10.5. The lowest BCUT2D eigenvalue weighted by atomic mass is 10.1. The number of amides is 1. The summed E-state index contributed by atoms with van der Waals surface area (Å²) in [5, 5.41) is 0. The number of primary amides is 1. The van der Waals surface area contributed by atoms with Gasteiger partial charge >= 0.3 is 0 Å². The molecule has 0 radical (unpaired) electrons. The van der Waals surface area contributed by atoms with E-state index >= 15 is 0 Å². The Morgan fingerprint density at radius 2 is 1.68 bits per heavy atom. The van der Waals surface area contributed by atoms with Crippen molar-refractivity contribution in [2.75, 3.05) is 0 Å². The number of carbonyl (C=O) groups excluding carboxylic acids is 2.